The minimum atomic E-state index is 0.239. The molecule has 1 aromatic rings. The molecule has 1 unspecified atom stereocenters. The minimum Gasteiger partial charge on any atom is -0.381 e. The van der Waals surface area contributed by atoms with Crippen LogP contribution in [-0.4, -0.2) is 29.9 Å². The summed E-state index contributed by atoms with van der Waals surface area (Å²) in [7, 11) is 0. The molecule has 1 aromatic heterocycles. The molecule has 0 aromatic carbocycles. The molecule has 0 bridgehead atoms. The molecular formula is C10H19N3O2. The predicted molar refractivity (Wildman–Crippen MR) is 56.6 cm³/mol. The highest BCUT2D eigenvalue weighted by atomic mass is 16.5. The third kappa shape index (κ3) is 3.97. The Morgan fingerprint density at radius 1 is 1.53 bits per heavy atom. The second-order valence-corrected chi connectivity index (χ2v) is 3.47. The lowest BCUT2D eigenvalue weighted by Crippen LogP contribution is -2.05. The Bertz CT molecular complexity index is 275. The van der Waals surface area contributed by atoms with E-state index in [-0.39, 0.29) is 5.92 Å². The van der Waals surface area contributed by atoms with Crippen molar-refractivity contribution in [1.29, 1.82) is 0 Å². The van der Waals surface area contributed by atoms with Crippen LogP contribution in [0.5, 0.6) is 0 Å². The van der Waals surface area contributed by atoms with Crippen LogP contribution in [-0.2, 0) is 11.2 Å². The number of hydrogen-bond acceptors (Lipinski definition) is 5. The molecule has 0 aliphatic heterocycles. The van der Waals surface area contributed by atoms with Crippen molar-refractivity contribution in [3.63, 3.8) is 0 Å². The molecule has 0 radical (unpaired) electrons. The van der Waals surface area contributed by atoms with E-state index >= 15 is 0 Å². The maximum Gasteiger partial charge on any atom is 0.229 e. The van der Waals surface area contributed by atoms with E-state index < -0.39 is 0 Å². The van der Waals surface area contributed by atoms with E-state index in [0.717, 1.165) is 6.42 Å². The maximum atomic E-state index is 5.46. The first-order valence-corrected chi connectivity index (χ1v) is 5.38. The monoisotopic (exact) mass is 213 g/mol. The molecule has 0 aliphatic carbocycles. The number of ether oxygens (including phenoxy) is 1. The third-order valence-electron chi connectivity index (χ3n) is 2.18. The Balaban J connectivity index is 2.41. The number of rotatable bonds is 7. The third-order valence-corrected chi connectivity index (χ3v) is 2.18. The second kappa shape index (κ2) is 6.53. The summed E-state index contributed by atoms with van der Waals surface area (Å²) < 4.78 is 10.4. The van der Waals surface area contributed by atoms with Gasteiger partial charge in [-0.3, -0.25) is 0 Å². The normalized spacial score (nSPS) is 13.0. The van der Waals surface area contributed by atoms with Gasteiger partial charge in [-0.05, 0) is 19.9 Å². The first-order chi connectivity index (χ1) is 7.27. The van der Waals surface area contributed by atoms with Crippen LogP contribution in [0.1, 0.15) is 37.9 Å². The highest BCUT2D eigenvalue weighted by molar-refractivity contribution is 4.92. The topological polar surface area (TPSA) is 74.2 Å². The molecule has 15 heavy (non-hydrogen) atoms. The summed E-state index contributed by atoms with van der Waals surface area (Å²) in [5.41, 5.74) is 5.46. The lowest BCUT2D eigenvalue weighted by Gasteiger charge is -2.01. The van der Waals surface area contributed by atoms with Crippen molar-refractivity contribution in [3.05, 3.63) is 11.7 Å². The lowest BCUT2D eigenvalue weighted by atomic mass is 10.1. The Kier molecular flexibility index (Phi) is 5.28. The summed E-state index contributed by atoms with van der Waals surface area (Å²) in [6.45, 7) is 5.99. The summed E-state index contributed by atoms with van der Waals surface area (Å²) >= 11 is 0. The molecule has 1 atom stereocenters. The van der Waals surface area contributed by atoms with Gasteiger partial charge in [-0.1, -0.05) is 12.1 Å². The van der Waals surface area contributed by atoms with E-state index in [1.807, 2.05) is 13.8 Å². The molecule has 0 amide bonds. The SMILES string of the molecule is CCOCCc1noc(C(C)CCN)n1. The molecule has 5 nitrogen and oxygen atoms in total. The minimum absolute atomic E-state index is 0.239. The summed E-state index contributed by atoms with van der Waals surface area (Å²) in [6, 6.07) is 0. The van der Waals surface area contributed by atoms with Gasteiger partial charge in [0.05, 0.1) is 6.61 Å². The molecular weight excluding hydrogens is 194 g/mol. The largest absolute Gasteiger partial charge is 0.381 e. The van der Waals surface area contributed by atoms with Crippen LogP contribution < -0.4 is 5.73 Å². The fraction of sp³-hybridized carbons (Fsp3) is 0.800. The van der Waals surface area contributed by atoms with E-state index in [9.17, 15) is 0 Å². The van der Waals surface area contributed by atoms with Gasteiger partial charge in [0, 0.05) is 18.9 Å². The Morgan fingerprint density at radius 2 is 2.33 bits per heavy atom. The van der Waals surface area contributed by atoms with Crippen LogP contribution in [0.25, 0.3) is 0 Å². The summed E-state index contributed by atoms with van der Waals surface area (Å²) in [4.78, 5) is 4.29. The van der Waals surface area contributed by atoms with Gasteiger partial charge in [-0.2, -0.15) is 4.98 Å². The first-order valence-electron chi connectivity index (χ1n) is 5.38. The van der Waals surface area contributed by atoms with Gasteiger partial charge >= 0.3 is 0 Å². The molecule has 0 fully saturated rings. The van der Waals surface area contributed by atoms with Gasteiger partial charge in [-0.15, -0.1) is 0 Å². The molecule has 1 rings (SSSR count). The van der Waals surface area contributed by atoms with Crippen molar-refractivity contribution >= 4 is 0 Å². The Labute approximate surface area is 90.0 Å². The van der Waals surface area contributed by atoms with Gasteiger partial charge in [0.25, 0.3) is 0 Å². The molecule has 2 N–H and O–H groups in total. The maximum absolute atomic E-state index is 5.46. The average Bonchev–Trinajstić information content (AvgIpc) is 2.67. The standard InChI is InChI=1S/C10H19N3O2/c1-3-14-7-5-9-12-10(15-13-9)8(2)4-6-11/h8H,3-7,11H2,1-2H3. The summed E-state index contributed by atoms with van der Waals surface area (Å²) in [5.74, 6) is 1.62. The van der Waals surface area contributed by atoms with Crippen molar-refractivity contribution in [2.24, 2.45) is 5.73 Å². The highest BCUT2D eigenvalue weighted by Crippen LogP contribution is 2.15. The van der Waals surface area contributed by atoms with Crippen LogP contribution in [0.3, 0.4) is 0 Å². The van der Waals surface area contributed by atoms with E-state index in [4.69, 9.17) is 15.0 Å². The van der Waals surface area contributed by atoms with Crippen molar-refractivity contribution in [1.82, 2.24) is 10.1 Å². The van der Waals surface area contributed by atoms with Crippen LogP contribution in [0, 0.1) is 0 Å². The van der Waals surface area contributed by atoms with Gasteiger partial charge < -0.3 is 15.0 Å². The number of hydrogen-bond donors (Lipinski definition) is 1. The zero-order valence-corrected chi connectivity index (χ0v) is 9.40. The lowest BCUT2D eigenvalue weighted by molar-refractivity contribution is 0.149. The number of nitrogens with zero attached hydrogens (tertiary/aromatic N) is 2. The predicted octanol–water partition coefficient (Wildman–Crippen LogP) is 1.10. The van der Waals surface area contributed by atoms with Crippen molar-refractivity contribution in [2.45, 2.75) is 32.6 Å². The summed E-state index contributed by atoms with van der Waals surface area (Å²) in [6.07, 6.45) is 1.57. The van der Waals surface area contributed by atoms with E-state index in [1.165, 1.54) is 0 Å². The molecule has 1 heterocycles. The van der Waals surface area contributed by atoms with Gasteiger partial charge in [-0.25, -0.2) is 0 Å². The molecule has 86 valence electrons. The van der Waals surface area contributed by atoms with Crippen LogP contribution >= 0.6 is 0 Å². The second-order valence-electron chi connectivity index (χ2n) is 3.47. The zero-order valence-electron chi connectivity index (χ0n) is 9.40. The van der Waals surface area contributed by atoms with E-state index in [1.54, 1.807) is 0 Å². The van der Waals surface area contributed by atoms with Gasteiger partial charge in [0.15, 0.2) is 5.82 Å². The van der Waals surface area contributed by atoms with Crippen LogP contribution in [0.2, 0.25) is 0 Å². The molecule has 0 saturated carbocycles. The van der Waals surface area contributed by atoms with E-state index in [0.29, 0.717) is 37.9 Å². The van der Waals surface area contributed by atoms with E-state index in [2.05, 4.69) is 10.1 Å². The average molecular weight is 213 g/mol. The van der Waals surface area contributed by atoms with Crippen molar-refractivity contribution in [3.8, 4) is 0 Å². The Morgan fingerprint density at radius 3 is 3.00 bits per heavy atom. The zero-order chi connectivity index (χ0) is 11.1. The molecule has 0 spiro atoms. The fourth-order valence-electron chi connectivity index (χ4n) is 1.25. The quantitative estimate of drug-likeness (QED) is 0.686. The highest BCUT2D eigenvalue weighted by Gasteiger charge is 2.12. The van der Waals surface area contributed by atoms with Crippen molar-refractivity contribution in [2.75, 3.05) is 19.8 Å². The summed E-state index contributed by atoms with van der Waals surface area (Å²) in [5, 5.41) is 3.88. The van der Waals surface area contributed by atoms with Crippen LogP contribution in [0.15, 0.2) is 4.52 Å². The van der Waals surface area contributed by atoms with Gasteiger partial charge in [0.1, 0.15) is 0 Å². The fourth-order valence-corrected chi connectivity index (χ4v) is 1.25. The smallest absolute Gasteiger partial charge is 0.229 e. The van der Waals surface area contributed by atoms with Crippen LogP contribution in [0.4, 0.5) is 0 Å². The molecule has 0 aliphatic rings. The number of nitrogens with two attached hydrogens (primary N) is 1. The van der Waals surface area contributed by atoms with Gasteiger partial charge in [0.2, 0.25) is 5.89 Å². The molecule has 5 heteroatoms. The first kappa shape index (κ1) is 12.1. The number of aromatic nitrogens is 2. The Hall–Kier alpha value is -0.940. The van der Waals surface area contributed by atoms with Crippen molar-refractivity contribution < 1.29 is 9.26 Å². The molecule has 0 saturated heterocycles.